The molecule has 1 aromatic rings. The Kier molecular flexibility index (Phi) is 2.68. The van der Waals surface area contributed by atoms with Crippen molar-refractivity contribution in [3.05, 3.63) is 39.2 Å². The molecule has 0 atom stereocenters. The normalized spacial score (nSPS) is 10.3. The number of hydrogen-bond acceptors (Lipinski definition) is 2. The summed E-state index contributed by atoms with van der Waals surface area (Å²) >= 11 is 0. The maximum absolute atomic E-state index is 12.9. The highest BCUT2D eigenvalue weighted by atomic mass is 19.2. The molecule has 0 aliphatic rings. The Balaban J connectivity index is 3.53. The average molecular weight is 209 g/mol. The Hall–Kier alpha value is -1.66. The Labute approximate surface area is 75.1 Å². The Bertz CT molecular complexity index is 394. The van der Waals surface area contributed by atoms with E-state index in [2.05, 4.69) is 0 Å². The van der Waals surface area contributed by atoms with E-state index in [-0.39, 0.29) is 6.07 Å². The van der Waals surface area contributed by atoms with Gasteiger partial charge < -0.3 is 0 Å². The second kappa shape index (κ2) is 3.60. The molecular formula is C7H3F4NO2. The van der Waals surface area contributed by atoms with Crippen molar-refractivity contribution in [3.8, 4) is 0 Å². The van der Waals surface area contributed by atoms with E-state index >= 15 is 0 Å². The minimum absolute atomic E-state index is 0.248. The highest BCUT2D eigenvalue weighted by molar-refractivity contribution is 5.39. The van der Waals surface area contributed by atoms with Crippen molar-refractivity contribution < 1.29 is 22.5 Å². The maximum Gasteiger partial charge on any atom is 0.343 e. The van der Waals surface area contributed by atoms with Gasteiger partial charge in [-0.2, -0.15) is 8.78 Å². The van der Waals surface area contributed by atoms with Gasteiger partial charge in [0.05, 0.1) is 4.92 Å². The summed E-state index contributed by atoms with van der Waals surface area (Å²) < 4.78 is 50.1. The van der Waals surface area contributed by atoms with Crippen LogP contribution in [0.1, 0.15) is 5.56 Å². The van der Waals surface area contributed by atoms with Crippen LogP contribution in [0.3, 0.4) is 0 Å². The van der Waals surface area contributed by atoms with E-state index in [1.54, 1.807) is 0 Å². The van der Waals surface area contributed by atoms with Gasteiger partial charge in [-0.05, 0) is 6.07 Å². The minimum atomic E-state index is -1.93. The number of nitrogens with zero attached hydrogens (tertiary/aromatic N) is 1. The zero-order valence-corrected chi connectivity index (χ0v) is 6.56. The number of hydrogen-bond donors (Lipinski definition) is 0. The molecule has 0 saturated heterocycles. The van der Waals surface area contributed by atoms with Crippen LogP contribution in [-0.4, -0.2) is 4.92 Å². The first-order valence-corrected chi connectivity index (χ1v) is 3.35. The molecule has 1 rings (SSSR count). The van der Waals surface area contributed by atoms with Crippen LogP contribution in [0.15, 0.2) is 6.07 Å². The first-order valence-electron chi connectivity index (χ1n) is 3.35. The molecule has 0 bridgehead atoms. The molecule has 3 nitrogen and oxygen atoms in total. The van der Waals surface area contributed by atoms with E-state index in [4.69, 9.17) is 0 Å². The van der Waals surface area contributed by atoms with Crippen molar-refractivity contribution in [3.63, 3.8) is 0 Å². The molecule has 0 aliphatic carbocycles. The number of benzene rings is 1. The van der Waals surface area contributed by atoms with Crippen LogP contribution < -0.4 is 0 Å². The number of nitro groups is 1. The van der Waals surface area contributed by atoms with Gasteiger partial charge in [-0.1, -0.05) is 0 Å². The molecule has 0 radical (unpaired) electrons. The third kappa shape index (κ3) is 1.52. The topological polar surface area (TPSA) is 43.1 Å². The summed E-state index contributed by atoms with van der Waals surface area (Å²) in [5, 5.41) is 10.1. The molecule has 76 valence electrons. The first-order chi connectivity index (χ1) is 6.49. The number of alkyl halides is 1. The zero-order chi connectivity index (χ0) is 10.9. The van der Waals surface area contributed by atoms with E-state index in [9.17, 15) is 27.7 Å². The van der Waals surface area contributed by atoms with Gasteiger partial charge in [-0.3, -0.25) is 10.1 Å². The number of halogens is 4. The number of nitro benzene ring substituents is 1. The van der Waals surface area contributed by atoms with E-state index in [0.29, 0.717) is 0 Å². The van der Waals surface area contributed by atoms with E-state index < -0.39 is 40.3 Å². The Morgan fingerprint density at radius 3 is 2.29 bits per heavy atom. The summed E-state index contributed by atoms with van der Waals surface area (Å²) in [6, 6.07) is 0.248. The second-order valence-corrected chi connectivity index (χ2v) is 2.38. The molecule has 0 saturated carbocycles. The highest BCUT2D eigenvalue weighted by Gasteiger charge is 2.27. The van der Waals surface area contributed by atoms with Crippen LogP contribution in [0, 0.1) is 27.6 Å². The molecule has 0 aromatic heterocycles. The molecule has 0 aliphatic heterocycles. The highest BCUT2D eigenvalue weighted by Crippen LogP contribution is 2.27. The average Bonchev–Trinajstić information content (AvgIpc) is 2.11. The summed E-state index contributed by atoms with van der Waals surface area (Å²) in [5.74, 6) is -5.26. The fraction of sp³-hybridized carbons (Fsp3) is 0.143. The van der Waals surface area contributed by atoms with Gasteiger partial charge in [-0.15, -0.1) is 0 Å². The van der Waals surface area contributed by atoms with Gasteiger partial charge in [0.1, 0.15) is 6.67 Å². The molecule has 7 heteroatoms. The van der Waals surface area contributed by atoms with Crippen molar-refractivity contribution >= 4 is 5.69 Å². The predicted octanol–water partition coefficient (Wildman–Crippen LogP) is 2.48. The summed E-state index contributed by atoms with van der Waals surface area (Å²) in [6.45, 7) is -1.44. The SMILES string of the molecule is O=[N+]([O-])c1c(F)c(F)cc(CF)c1F. The summed E-state index contributed by atoms with van der Waals surface area (Å²) in [4.78, 5) is 8.66. The molecule has 0 spiro atoms. The fourth-order valence-electron chi connectivity index (χ4n) is 0.899. The maximum atomic E-state index is 12.9. The van der Waals surface area contributed by atoms with Crippen LogP contribution >= 0.6 is 0 Å². The number of rotatable bonds is 2. The molecular weight excluding hydrogens is 206 g/mol. The quantitative estimate of drug-likeness (QED) is 0.325. The van der Waals surface area contributed by atoms with E-state index in [1.807, 2.05) is 0 Å². The smallest absolute Gasteiger partial charge is 0.258 e. The van der Waals surface area contributed by atoms with E-state index in [0.717, 1.165) is 0 Å². The Morgan fingerprint density at radius 2 is 1.86 bits per heavy atom. The van der Waals surface area contributed by atoms with Gasteiger partial charge >= 0.3 is 5.69 Å². The molecule has 1 aromatic carbocycles. The first kappa shape index (κ1) is 10.4. The third-order valence-electron chi connectivity index (χ3n) is 1.53. The fourth-order valence-corrected chi connectivity index (χ4v) is 0.899. The molecule has 0 N–H and O–H groups in total. The van der Waals surface area contributed by atoms with Crippen LogP contribution in [0.25, 0.3) is 0 Å². The van der Waals surface area contributed by atoms with Gasteiger partial charge in [0.15, 0.2) is 5.82 Å². The molecule has 0 unspecified atom stereocenters. The standard InChI is InChI=1S/C7H3F4NO2/c8-2-3-1-4(9)6(11)7(5(3)10)12(13)14/h1H,2H2. The summed E-state index contributed by atoms with van der Waals surface area (Å²) in [7, 11) is 0. The van der Waals surface area contributed by atoms with Crippen LogP contribution in [0.5, 0.6) is 0 Å². The Morgan fingerprint density at radius 1 is 1.29 bits per heavy atom. The zero-order valence-electron chi connectivity index (χ0n) is 6.56. The van der Waals surface area contributed by atoms with Crippen molar-refractivity contribution in [2.75, 3.05) is 0 Å². The van der Waals surface area contributed by atoms with Crippen LogP contribution in [-0.2, 0) is 6.67 Å². The lowest BCUT2D eigenvalue weighted by Gasteiger charge is -2.01. The van der Waals surface area contributed by atoms with E-state index in [1.165, 1.54) is 0 Å². The van der Waals surface area contributed by atoms with Gasteiger partial charge in [-0.25, -0.2) is 8.78 Å². The third-order valence-corrected chi connectivity index (χ3v) is 1.53. The van der Waals surface area contributed by atoms with Gasteiger partial charge in [0.2, 0.25) is 11.6 Å². The summed E-state index contributed by atoms with van der Waals surface area (Å²) in [5.41, 5.74) is -2.55. The summed E-state index contributed by atoms with van der Waals surface area (Å²) in [6.07, 6.45) is 0. The second-order valence-electron chi connectivity index (χ2n) is 2.38. The lowest BCUT2D eigenvalue weighted by atomic mass is 10.2. The minimum Gasteiger partial charge on any atom is -0.258 e. The molecule has 0 heterocycles. The lowest BCUT2D eigenvalue weighted by Crippen LogP contribution is -2.03. The monoisotopic (exact) mass is 209 g/mol. The largest absolute Gasteiger partial charge is 0.343 e. The van der Waals surface area contributed by atoms with Crippen molar-refractivity contribution in [1.29, 1.82) is 0 Å². The molecule has 14 heavy (non-hydrogen) atoms. The van der Waals surface area contributed by atoms with Gasteiger partial charge in [0.25, 0.3) is 0 Å². The molecule has 0 fully saturated rings. The van der Waals surface area contributed by atoms with Crippen LogP contribution in [0.2, 0.25) is 0 Å². The predicted molar refractivity (Wildman–Crippen MR) is 37.8 cm³/mol. The van der Waals surface area contributed by atoms with Crippen molar-refractivity contribution in [2.45, 2.75) is 6.67 Å². The van der Waals surface area contributed by atoms with Crippen molar-refractivity contribution in [1.82, 2.24) is 0 Å². The van der Waals surface area contributed by atoms with Crippen molar-refractivity contribution in [2.24, 2.45) is 0 Å². The molecule has 0 amide bonds. The lowest BCUT2D eigenvalue weighted by molar-refractivity contribution is -0.390. The van der Waals surface area contributed by atoms with Crippen LogP contribution in [0.4, 0.5) is 23.2 Å². The van der Waals surface area contributed by atoms with Gasteiger partial charge in [0, 0.05) is 5.56 Å².